The number of nitrogens with zero attached hydrogens (tertiary/aromatic N) is 2. The Morgan fingerprint density at radius 3 is 2.39 bits per heavy atom. The van der Waals surface area contributed by atoms with Gasteiger partial charge in [-0.15, -0.1) is 11.3 Å². The minimum absolute atomic E-state index is 0.0445. The Labute approximate surface area is 166 Å². The number of benzene rings is 1. The Hall–Kier alpha value is -1.77. The molecule has 3 rings (SSSR count). The molecule has 152 valence electrons. The number of rotatable bonds is 5. The Kier molecular flexibility index (Phi) is 5.19. The SMILES string of the molecule is CC1=Nc2c(C(OC(C)(C)C(C)(C)O)C(F)(F)F)ccc(-c3nccs3)c2C1. The smallest absolute Gasteiger partial charge is 0.387 e. The third kappa shape index (κ3) is 3.86. The standard InChI is InChI=1S/C20H23F3N2O2S/c1-11-10-14-12(17-24-8-9-28-17)6-7-13(15(14)25-11)16(20(21,22)23)27-19(4,5)18(2,3)26/h6-9,16,26H,10H2,1-5H3. The van der Waals surface area contributed by atoms with Crippen LogP contribution >= 0.6 is 11.3 Å². The Balaban J connectivity index is 2.13. The Bertz CT molecular complexity index is 897. The number of alkyl halides is 3. The van der Waals surface area contributed by atoms with E-state index in [9.17, 15) is 18.3 Å². The molecule has 1 aromatic heterocycles. The second kappa shape index (κ2) is 6.93. The number of thiazole rings is 1. The van der Waals surface area contributed by atoms with E-state index in [1.165, 1.54) is 45.1 Å². The summed E-state index contributed by atoms with van der Waals surface area (Å²) < 4.78 is 47.5. The second-order valence-electron chi connectivity index (χ2n) is 8.00. The summed E-state index contributed by atoms with van der Waals surface area (Å²) in [6.45, 7) is 7.55. The molecule has 0 saturated carbocycles. The second-order valence-corrected chi connectivity index (χ2v) is 8.89. The van der Waals surface area contributed by atoms with Crippen molar-refractivity contribution >= 4 is 22.7 Å². The van der Waals surface area contributed by atoms with Crippen molar-refractivity contribution in [2.75, 3.05) is 0 Å². The molecule has 0 radical (unpaired) electrons. The number of aliphatic hydroxyl groups is 1. The van der Waals surface area contributed by atoms with Crippen molar-refractivity contribution in [1.82, 2.24) is 4.98 Å². The van der Waals surface area contributed by atoms with Crippen molar-refractivity contribution in [2.45, 2.75) is 64.5 Å². The number of halogens is 3. The fourth-order valence-electron chi connectivity index (χ4n) is 2.97. The summed E-state index contributed by atoms with van der Waals surface area (Å²) in [6, 6.07) is 3.07. The number of hydrogen-bond acceptors (Lipinski definition) is 5. The molecular formula is C20H23F3N2O2S. The largest absolute Gasteiger partial charge is 0.418 e. The maximum atomic E-state index is 14.0. The topological polar surface area (TPSA) is 54.7 Å². The molecule has 2 heterocycles. The number of ether oxygens (including phenoxy) is 1. The van der Waals surface area contributed by atoms with E-state index in [1.807, 2.05) is 5.38 Å². The van der Waals surface area contributed by atoms with Gasteiger partial charge >= 0.3 is 6.18 Å². The van der Waals surface area contributed by atoms with Crippen LogP contribution in [0.25, 0.3) is 10.6 Å². The average molecular weight is 412 g/mol. The monoisotopic (exact) mass is 412 g/mol. The molecule has 1 aliphatic heterocycles. The van der Waals surface area contributed by atoms with Gasteiger partial charge in [-0.05, 0) is 40.2 Å². The van der Waals surface area contributed by atoms with E-state index >= 15 is 0 Å². The summed E-state index contributed by atoms with van der Waals surface area (Å²) in [5, 5.41) is 12.9. The van der Waals surface area contributed by atoms with Crippen LogP contribution in [-0.4, -0.2) is 33.2 Å². The van der Waals surface area contributed by atoms with Gasteiger partial charge in [0.1, 0.15) is 5.01 Å². The van der Waals surface area contributed by atoms with Crippen LogP contribution in [0.5, 0.6) is 0 Å². The first-order valence-electron chi connectivity index (χ1n) is 8.88. The van der Waals surface area contributed by atoms with Gasteiger partial charge in [-0.25, -0.2) is 4.98 Å². The van der Waals surface area contributed by atoms with Gasteiger partial charge < -0.3 is 9.84 Å². The summed E-state index contributed by atoms with van der Waals surface area (Å²) in [5.74, 6) is 0. The van der Waals surface area contributed by atoms with Gasteiger partial charge in [-0.1, -0.05) is 12.1 Å². The number of hydrogen-bond donors (Lipinski definition) is 1. The summed E-state index contributed by atoms with van der Waals surface area (Å²) in [7, 11) is 0. The molecule has 1 aliphatic rings. The van der Waals surface area contributed by atoms with Crippen molar-refractivity contribution in [3.8, 4) is 10.6 Å². The van der Waals surface area contributed by atoms with Crippen LogP contribution in [0.1, 0.15) is 51.8 Å². The summed E-state index contributed by atoms with van der Waals surface area (Å²) >= 11 is 1.43. The summed E-state index contributed by atoms with van der Waals surface area (Å²) in [6.07, 6.45) is -4.73. The van der Waals surface area contributed by atoms with Crippen molar-refractivity contribution in [1.29, 1.82) is 0 Å². The van der Waals surface area contributed by atoms with Gasteiger partial charge in [0.05, 0.1) is 16.9 Å². The third-order valence-corrected chi connectivity index (χ3v) is 5.98. The zero-order valence-electron chi connectivity index (χ0n) is 16.4. The van der Waals surface area contributed by atoms with E-state index < -0.39 is 23.5 Å². The van der Waals surface area contributed by atoms with Gasteiger partial charge in [-0.2, -0.15) is 13.2 Å². The van der Waals surface area contributed by atoms with Crippen LogP contribution in [0.15, 0.2) is 28.7 Å². The minimum Gasteiger partial charge on any atom is -0.387 e. The van der Waals surface area contributed by atoms with Crippen molar-refractivity contribution in [3.05, 3.63) is 34.8 Å². The van der Waals surface area contributed by atoms with Crippen LogP contribution in [0.4, 0.5) is 18.9 Å². The maximum absolute atomic E-state index is 14.0. The van der Waals surface area contributed by atoms with Crippen LogP contribution in [-0.2, 0) is 11.2 Å². The van der Waals surface area contributed by atoms with Crippen molar-refractivity contribution in [3.63, 3.8) is 0 Å². The Morgan fingerprint density at radius 2 is 1.86 bits per heavy atom. The molecule has 0 amide bonds. The highest BCUT2D eigenvalue weighted by atomic mass is 32.1. The molecule has 4 nitrogen and oxygen atoms in total. The minimum atomic E-state index is -4.66. The first kappa shape index (κ1) is 21.0. The van der Waals surface area contributed by atoms with Crippen LogP contribution in [0, 0.1) is 0 Å². The molecule has 28 heavy (non-hydrogen) atoms. The molecule has 1 N–H and O–H groups in total. The zero-order chi connectivity index (χ0) is 20.9. The Morgan fingerprint density at radius 1 is 1.18 bits per heavy atom. The first-order valence-corrected chi connectivity index (χ1v) is 9.76. The molecule has 1 aromatic carbocycles. The van der Waals surface area contributed by atoms with Crippen LogP contribution in [0.3, 0.4) is 0 Å². The van der Waals surface area contributed by atoms with Crippen molar-refractivity contribution in [2.24, 2.45) is 4.99 Å². The lowest BCUT2D eigenvalue weighted by molar-refractivity contribution is -0.276. The highest BCUT2D eigenvalue weighted by molar-refractivity contribution is 7.13. The van der Waals surface area contributed by atoms with Crippen LogP contribution < -0.4 is 0 Å². The summed E-state index contributed by atoms with van der Waals surface area (Å²) in [4.78, 5) is 8.69. The van der Waals surface area contributed by atoms with Gasteiger partial charge in [0.2, 0.25) is 0 Å². The average Bonchev–Trinajstić information content (AvgIpc) is 3.18. The van der Waals surface area contributed by atoms with E-state index in [2.05, 4.69) is 9.98 Å². The van der Waals surface area contributed by atoms with Gasteiger partial charge in [0.25, 0.3) is 0 Å². The number of aliphatic imine (C=N–C) groups is 1. The lowest BCUT2D eigenvalue weighted by Crippen LogP contribution is -2.49. The molecule has 0 aliphatic carbocycles. The highest BCUT2D eigenvalue weighted by Gasteiger charge is 2.49. The summed E-state index contributed by atoms with van der Waals surface area (Å²) in [5.41, 5.74) is -0.412. The quantitative estimate of drug-likeness (QED) is 0.693. The molecule has 0 bridgehead atoms. The predicted octanol–water partition coefficient (Wildman–Crippen LogP) is 5.63. The highest BCUT2D eigenvalue weighted by Crippen LogP contribution is 2.48. The predicted molar refractivity (Wildman–Crippen MR) is 104 cm³/mol. The van der Waals surface area contributed by atoms with E-state index in [-0.39, 0.29) is 5.56 Å². The van der Waals surface area contributed by atoms with E-state index in [1.54, 1.807) is 19.2 Å². The molecule has 1 atom stereocenters. The van der Waals surface area contributed by atoms with Crippen LogP contribution in [0.2, 0.25) is 0 Å². The van der Waals surface area contributed by atoms with E-state index in [0.29, 0.717) is 12.1 Å². The molecular weight excluding hydrogens is 389 g/mol. The van der Waals surface area contributed by atoms with Gasteiger partial charge in [0, 0.05) is 34.8 Å². The molecule has 2 aromatic rings. The van der Waals surface area contributed by atoms with Gasteiger partial charge in [0.15, 0.2) is 6.10 Å². The molecule has 0 saturated heterocycles. The maximum Gasteiger partial charge on any atom is 0.418 e. The van der Waals surface area contributed by atoms with Crippen molar-refractivity contribution < 1.29 is 23.0 Å². The fourth-order valence-corrected chi connectivity index (χ4v) is 3.66. The zero-order valence-corrected chi connectivity index (χ0v) is 17.2. The van der Waals surface area contributed by atoms with Gasteiger partial charge in [-0.3, -0.25) is 4.99 Å². The lowest BCUT2D eigenvalue weighted by Gasteiger charge is -2.40. The van der Waals surface area contributed by atoms with E-state index in [0.717, 1.165) is 21.8 Å². The normalized spacial score (nSPS) is 16.1. The lowest BCUT2D eigenvalue weighted by atomic mass is 9.88. The molecule has 1 unspecified atom stereocenters. The molecule has 8 heteroatoms. The first-order chi connectivity index (χ1) is 12.8. The molecule has 0 spiro atoms. The molecule has 0 fully saturated rings. The van der Waals surface area contributed by atoms with E-state index in [4.69, 9.17) is 4.74 Å². The number of fused-ring (bicyclic) bond motifs is 1. The third-order valence-electron chi connectivity index (χ3n) is 5.18. The number of aromatic nitrogens is 1. The fraction of sp³-hybridized carbons (Fsp3) is 0.500.